The van der Waals surface area contributed by atoms with Gasteiger partial charge in [0.1, 0.15) is 0 Å². The van der Waals surface area contributed by atoms with E-state index < -0.39 is 7.25 Å². The Balaban J connectivity index is -0.0000000800. The van der Waals surface area contributed by atoms with Crippen molar-refractivity contribution in [1.29, 1.82) is 0 Å². The molecular weight excluding hydrogens is 229 g/mol. The van der Waals surface area contributed by atoms with Crippen LogP contribution in [0.5, 0.6) is 0 Å². The van der Waals surface area contributed by atoms with Gasteiger partial charge in [-0.2, -0.15) is 0 Å². The molecule has 0 aliphatic heterocycles. The molecule has 0 aromatic heterocycles. The van der Waals surface area contributed by atoms with Gasteiger partial charge in [0.2, 0.25) is 0 Å². The van der Waals surface area contributed by atoms with E-state index in [0.717, 1.165) is 0 Å². The second kappa shape index (κ2) is 6.13. The molecule has 0 amide bonds. The second-order valence-electron chi connectivity index (χ2n) is 0.495. The third-order valence-corrected chi connectivity index (χ3v) is 0. The van der Waals surface area contributed by atoms with E-state index in [1.165, 1.54) is 0 Å². The zero-order valence-electron chi connectivity index (χ0n) is 2.09. The van der Waals surface area contributed by atoms with Crippen LogP contribution in [0.2, 0.25) is 0 Å². The van der Waals surface area contributed by atoms with E-state index in [2.05, 4.69) is 0 Å². The summed E-state index contributed by atoms with van der Waals surface area (Å²) in [5, 5.41) is 0. The van der Waals surface area contributed by atoms with E-state index in [1.807, 2.05) is 0 Å². The minimum atomic E-state index is -6.00. The van der Waals surface area contributed by atoms with Crippen LogP contribution >= 0.6 is 0 Å². The SMILES string of the molecule is F[B-](F)(F)F.[BeH2].[CsH]. The Bertz CT molecular complexity index is 27.2. The Morgan fingerprint density at radius 2 is 0.857 bits per heavy atom. The van der Waals surface area contributed by atoms with Gasteiger partial charge in [0.25, 0.3) is 0 Å². The summed E-state index contributed by atoms with van der Waals surface area (Å²) in [6.45, 7) is 0. The summed E-state index contributed by atoms with van der Waals surface area (Å²) in [5.41, 5.74) is 0. The molecule has 0 bridgehead atoms. The summed E-state index contributed by atoms with van der Waals surface area (Å²) < 4.78 is 39.0. The summed E-state index contributed by atoms with van der Waals surface area (Å²) in [6, 6.07) is 0. The molecule has 0 aliphatic carbocycles. The van der Waals surface area contributed by atoms with Crippen LogP contribution in [0.25, 0.3) is 0 Å². The Morgan fingerprint density at radius 3 is 0.857 bits per heavy atom. The van der Waals surface area contributed by atoms with Gasteiger partial charge < -0.3 is 17.3 Å². The third kappa shape index (κ3) is 71.8. The van der Waals surface area contributed by atoms with Gasteiger partial charge in [-0.25, -0.2) is 0 Å². The average molecular weight is 232 g/mol. The van der Waals surface area contributed by atoms with Gasteiger partial charge in [0.15, 0.2) is 0 Å². The van der Waals surface area contributed by atoms with Crippen molar-refractivity contribution < 1.29 is 17.3 Å². The van der Waals surface area contributed by atoms with Crippen molar-refractivity contribution in [3.63, 3.8) is 0 Å². The topological polar surface area (TPSA) is 0 Å². The predicted octanol–water partition coefficient (Wildman–Crippen LogP) is -0.265. The summed E-state index contributed by atoms with van der Waals surface area (Å²) in [5.74, 6) is 0. The van der Waals surface area contributed by atoms with Crippen molar-refractivity contribution in [2.75, 3.05) is 0 Å². The molecule has 0 aromatic carbocycles. The van der Waals surface area contributed by atoms with Crippen molar-refractivity contribution in [3.05, 3.63) is 0 Å². The molecule has 7 heavy (non-hydrogen) atoms. The second-order valence-corrected chi connectivity index (χ2v) is 0.495. The molecule has 0 saturated carbocycles. The summed E-state index contributed by atoms with van der Waals surface area (Å²) in [4.78, 5) is 0. The van der Waals surface area contributed by atoms with Crippen LogP contribution in [0.3, 0.4) is 0 Å². The van der Waals surface area contributed by atoms with Gasteiger partial charge in [0.05, 0.1) is 0 Å². The Labute approximate surface area is 101 Å². The van der Waals surface area contributed by atoms with E-state index in [-0.39, 0.29) is 79.0 Å². The minimum absolute atomic E-state index is 0. The number of halogens is 4. The first-order chi connectivity index (χ1) is 2.00. The molecule has 38 valence electrons. The number of rotatable bonds is 0. The van der Waals surface area contributed by atoms with Gasteiger partial charge in [-0.15, -0.1) is 0 Å². The van der Waals surface area contributed by atoms with E-state index in [1.54, 1.807) is 0 Å². The summed E-state index contributed by atoms with van der Waals surface area (Å²) in [7, 11) is -6.00. The van der Waals surface area contributed by atoms with Crippen LogP contribution in [0, 0.1) is 0 Å². The first-order valence-corrected chi connectivity index (χ1v) is 0.873. The van der Waals surface area contributed by atoms with Crippen LogP contribution < -0.4 is 0 Å². The maximum absolute atomic E-state index is 9.75. The molecule has 0 aromatic rings. The van der Waals surface area contributed by atoms with Gasteiger partial charge in [-0.05, 0) is 0 Å². The summed E-state index contributed by atoms with van der Waals surface area (Å²) in [6.07, 6.45) is 0. The van der Waals surface area contributed by atoms with Crippen LogP contribution in [0.4, 0.5) is 17.3 Å². The molecule has 0 N–H and O–H groups in total. The fourth-order valence-electron chi connectivity index (χ4n) is 0. The van der Waals surface area contributed by atoms with Gasteiger partial charge >= 0.3 is 86.3 Å². The molecule has 0 unspecified atom stereocenters. The Morgan fingerprint density at radius 1 is 0.857 bits per heavy atom. The first kappa shape index (κ1) is 16.0. The quantitative estimate of drug-likeness (QED) is 0.398. The molecule has 0 spiro atoms. The standard InChI is InChI=1S/BF4.Be.Cs.3H/c2-1(3,4)5;;;;;/q-1;;;;;. The molecule has 0 rings (SSSR count). The van der Waals surface area contributed by atoms with Crippen molar-refractivity contribution in [1.82, 2.24) is 0 Å². The van der Waals surface area contributed by atoms with Crippen LogP contribution in [0.15, 0.2) is 0 Å². The van der Waals surface area contributed by atoms with Gasteiger partial charge in [-0.1, -0.05) is 0 Å². The molecule has 0 fully saturated rings. The van der Waals surface area contributed by atoms with Crippen LogP contribution in [-0.2, 0) is 0 Å². The normalized spacial score (nSPS) is 8.57. The molecule has 0 atom stereocenters. The van der Waals surface area contributed by atoms with Crippen LogP contribution in [0.1, 0.15) is 0 Å². The Hall–Kier alpha value is 2.01. The molecule has 0 radical (unpaired) electrons. The van der Waals surface area contributed by atoms with Crippen molar-refractivity contribution in [3.8, 4) is 0 Å². The Kier molecular flexibility index (Phi) is 14.0. The molecular formula is H3BBeCsF4-. The fourth-order valence-corrected chi connectivity index (χ4v) is 0. The fraction of sp³-hybridized carbons (Fsp3) is 0. The predicted molar refractivity (Wildman–Crippen MR) is 25.9 cm³/mol. The third-order valence-electron chi connectivity index (χ3n) is 0. The molecule has 0 nitrogen and oxygen atoms in total. The van der Waals surface area contributed by atoms with Crippen molar-refractivity contribution >= 4 is 86.3 Å². The molecule has 0 heterocycles. The van der Waals surface area contributed by atoms with Crippen molar-refractivity contribution in [2.45, 2.75) is 0 Å². The number of hydrogen-bond acceptors (Lipinski definition) is 0. The van der Waals surface area contributed by atoms with E-state index in [4.69, 9.17) is 0 Å². The average Bonchev–Trinajstić information content (AvgIpc) is 0.722. The molecule has 0 aliphatic rings. The van der Waals surface area contributed by atoms with Gasteiger partial charge in [0, 0.05) is 0 Å². The summed E-state index contributed by atoms with van der Waals surface area (Å²) >= 11 is 0. The van der Waals surface area contributed by atoms with Gasteiger partial charge in [-0.3, -0.25) is 0 Å². The van der Waals surface area contributed by atoms with E-state index in [0.29, 0.717) is 0 Å². The zero-order chi connectivity index (χ0) is 4.50. The zero-order valence-corrected chi connectivity index (χ0v) is 2.09. The monoisotopic (exact) mass is 232 g/mol. The van der Waals surface area contributed by atoms with E-state index in [9.17, 15) is 17.3 Å². The first-order valence-electron chi connectivity index (χ1n) is 0.873. The molecule has 7 heteroatoms. The van der Waals surface area contributed by atoms with Crippen molar-refractivity contribution in [2.24, 2.45) is 0 Å². The van der Waals surface area contributed by atoms with E-state index >= 15 is 0 Å². The van der Waals surface area contributed by atoms with Crippen LogP contribution in [-0.4, -0.2) is 86.3 Å². The number of hydrogen-bond donors (Lipinski definition) is 0. The maximum atomic E-state index is 9.75. The molecule has 0 saturated heterocycles.